The molecule has 1 heterocycles. The molecule has 2 aromatic carbocycles. The van der Waals surface area contributed by atoms with E-state index in [4.69, 9.17) is 9.47 Å². The number of para-hydroxylation sites is 2. The fourth-order valence-corrected chi connectivity index (χ4v) is 2.65. The maximum Gasteiger partial charge on any atom is 0.248 e. The normalized spacial score (nSPS) is 11.0. The second kappa shape index (κ2) is 10.1. The number of nitrogens with one attached hydrogen (secondary N) is 1. The van der Waals surface area contributed by atoms with Gasteiger partial charge < -0.3 is 19.4 Å². The Morgan fingerprint density at radius 3 is 2.69 bits per heavy atom. The van der Waals surface area contributed by atoms with Crippen LogP contribution in [0.2, 0.25) is 0 Å². The van der Waals surface area contributed by atoms with Gasteiger partial charge in [-0.25, -0.2) is 4.98 Å². The number of imidazole rings is 1. The van der Waals surface area contributed by atoms with Crippen molar-refractivity contribution >= 4 is 17.7 Å². The van der Waals surface area contributed by atoms with Gasteiger partial charge in [0.25, 0.3) is 0 Å². The first-order valence-electron chi connectivity index (χ1n) is 9.53. The third kappa shape index (κ3) is 6.53. The van der Waals surface area contributed by atoms with E-state index in [1.165, 1.54) is 6.08 Å². The number of ether oxygens (including phenoxy) is 2. The van der Waals surface area contributed by atoms with Crippen LogP contribution in [-0.2, 0) is 11.3 Å². The van der Waals surface area contributed by atoms with E-state index in [2.05, 4.69) is 10.3 Å². The maximum atomic E-state index is 12.3. The summed E-state index contributed by atoms with van der Waals surface area (Å²) < 4.78 is 13.4. The third-order valence-electron chi connectivity index (χ3n) is 3.99. The van der Waals surface area contributed by atoms with Crippen molar-refractivity contribution in [1.29, 1.82) is 0 Å². The molecule has 0 spiro atoms. The molecule has 6 nitrogen and oxygen atoms in total. The van der Waals surface area contributed by atoms with E-state index in [1.807, 2.05) is 73.1 Å². The van der Waals surface area contributed by atoms with Crippen molar-refractivity contribution in [3.05, 3.63) is 78.9 Å². The molecule has 0 aliphatic carbocycles. The zero-order valence-electron chi connectivity index (χ0n) is 16.6. The number of nitrogens with zero attached hydrogens (tertiary/aromatic N) is 2. The van der Waals surface area contributed by atoms with Gasteiger partial charge in [0.2, 0.25) is 5.91 Å². The van der Waals surface area contributed by atoms with Gasteiger partial charge in [0.05, 0.1) is 24.7 Å². The number of hydrogen-bond donors (Lipinski definition) is 1. The van der Waals surface area contributed by atoms with Gasteiger partial charge >= 0.3 is 0 Å². The van der Waals surface area contributed by atoms with Gasteiger partial charge in [-0.2, -0.15) is 0 Å². The lowest BCUT2D eigenvalue weighted by atomic mass is 10.2. The van der Waals surface area contributed by atoms with E-state index >= 15 is 0 Å². The minimum absolute atomic E-state index is 0.129. The topological polar surface area (TPSA) is 65.4 Å². The molecule has 0 saturated carbocycles. The van der Waals surface area contributed by atoms with Gasteiger partial charge in [0.15, 0.2) is 0 Å². The Balaban J connectivity index is 1.55. The molecule has 150 valence electrons. The zero-order valence-corrected chi connectivity index (χ0v) is 16.6. The van der Waals surface area contributed by atoms with E-state index < -0.39 is 0 Å². The molecule has 6 heteroatoms. The van der Waals surface area contributed by atoms with Gasteiger partial charge in [-0.1, -0.05) is 24.3 Å². The van der Waals surface area contributed by atoms with E-state index in [-0.39, 0.29) is 12.0 Å². The molecule has 0 aliphatic rings. The Morgan fingerprint density at radius 2 is 1.97 bits per heavy atom. The first-order valence-corrected chi connectivity index (χ1v) is 9.53. The molecule has 0 fully saturated rings. The average molecular weight is 391 g/mol. The number of aromatic nitrogens is 2. The van der Waals surface area contributed by atoms with Crippen LogP contribution in [0.3, 0.4) is 0 Å². The fraction of sp³-hybridized carbons (Fsp3) is 0.217. The second-order valence-corrected chi connectivity index (χ2v) is 6.70. The van der Waals surface area contributed by atoms with Crippen molar-refractivity contribution in [3.8, 4) is 11.5 Å². The van der Waals surface area contributed by atoms with Crippen LogP contribution in [0.1, 0.15) is 19.4 Å². The summed E-state index contributed by atoms with van der Waals surface area (Å²) in [5.41, 5.74) is 1.55. The van der Waals surface area contributed by atoms with E-state index in [0.717, 1.165) is 11.3 Å². The highest BCUT2D eigenvalue weighted by atomic mass is 16.5. The summed E-state index contributed by atoms with van der Waals surface area (Å²) >= 11 is 0. The zero-order chi connectivity index (χ0) is 20.5. The highest BCUT2D eigenvalue weighted by molar-refractivity contribution is 6.02. The van der Waals surface area contributed by atoms with Crippen LogP contribution in [0.25, 0.3) is 6.08 Å². The molecule has 3 rings (SSSR count). The lowest BCUT2D eigenvalue weighted by molar-refractivity contribution is -0.111. The van der Waals surface area contributed by atoms with Crippen molar-refractivity contribution in [1.82, 2.24) is 9.55 Å². The standard InChI is InChI=1S/C23H25N3O3/c1-18(2)29-20-10-7-19(8-11-20)9-12-23(27)25-21-5-3-4-6-22(21)28-16-15-26-14-13-24-17-26/h3-14,17-18H,15-16H2,1-2H3,(H,25,27)/b12-9+. The van der Waals surface area contributed by atoms with Crippen LogP contribution >= 0.6 is 0 Å². The molecule has 0 aliphatic heterocycles. The molecule has 3 aromatic rings. The molecule has 0 atom stereocenters. The van der Waals surface area contributed by atoms with Crippen molar-refractivity contribution in [2.75, 3.05) is 11.9 Å². The van der Waals surface area contributed by atoms with Gasteiger partial charge in [0.1, 0.15) is 18.1 Å². The summed E-state index contributed by atoms with van der Waals surface area (Å²) in [4.78, 5) is 16.3. The summed E-state index contributed by atoms with van der Waals surface area (Å²) in [6.07, 6.45) is 8.74. The summed E-state index contributed by atoms with van der Waals surface area (Å²) in [5.74, 6) is 1.21. The Labute approximate surface area is 170 Å². The Morgan fingerprint density at radius 1 is 1.17 bits per heavy atom. The van der Waals surface area contributed by atoms with Crippen LogP contribution in [0.4, 0.5) is 5.69 Å². The Kier molecular flexibility index (Phi) is 7.05. The Hall–Kier alpha value is -3.54. The van der Waals surface area contributed by atoms with Gasteiger partial charge in [0, 0.05) is 18.5 Å². The van der Waals surface area contributed by atoms with Gasteiger partial charge in [-0.15, -0.1) is 0 Å². The highest BCUT2D eigenvalue weighted by Crippen LogP contribution is 2.24. The number of carbonyl (C=O) groups is 1. The number of anilines is 1. The summed E-state index contributed by atoms with van der Waals surface area (Å²) in [6, 6.07) is 15.0. The van der Waals surface area contributed by atoms with Gasteiger partial charge in [-0.05, 0) is 49.8 Å². The van der Waals surface area contributed by atoms with Crippen molar-refractivity contribution < 1.29 is 14.3 Å². The predicted octanol–water partition coefficient (Wildman–Crippen LogP) is 4.40. The number of carbonyl (C=O) groups excluding carboxylic acids is 1. The summed E-state index contributed by atoms with van der Waals surface area (Å²) in [6.45, 7) is 5.12. The predicted molar refractivity (Wildman–Crippen MR) is 114 cm³/mol. The lowest BCUT2D eigenvalue weighted by Gasteiger charge is -2.12. The number of amides is 1. The SMILES string of the molecule is CC(C)Oc1ccc(/C=C/C(=O)Nc2ccccc2OCCn2ccnc2)cc1. The van der Waals surface area contributed by atoms with Gasteiger partial charge in [-0.3, -0.25) is 4.79 Å². The largest absolute Gasteiger partial charge is 0.491 e. The van der Waals surface area contributed by atoms with E-state index in [0.29, 0.717) is 24.6 Å². The van der Waals surface area contributed by atoms with E-state index in [9.17, 15) is 4.79 Å². The minimum atomic E-state index is -0.224. The summed E-state index contributed by atoms with van der Waals surface area (Å²) in [5, 5.41) is 2.87. The second-order valence-electron chi connectivity index (χ2n) is 6.70. The molecular weight excluding hydrogens is 366 g/mol. The third-order valence-corrected chi connectivity index (χ3v) is 3.99. The minimum Gasteiger partial charge on any atom is -0.491 e. The first-order chi connectivity index (χ1) is 14.1. The molecule has 0 saturated heterocycles. The summed E-state index contributed by atoms with van der Waals surface area (Å²) in [7, 11) is 0. The Bertz CT molecular complexity index is 932. The van der Waals surface area contributed by atoms with Crippen molar-refractivity contribution in [2.24, 2.45) is 0 Å². The molecule has 1 amide bonds. The van der Waals surface area contributed by atoms with Crippen LogP contribution < -0.4 is 14.8 Å². The fourth-order valence-electron chi connectivity index (χ4n) is 2.65. The molecule has 29 heavy (non-hydrogen) atoms. The monoisotopic (exact) mass is 391 g/mol. The molecule has 0 radical (unpaired) electrons. The number of benzene rings is 2. The molecule has 1 N–H and O–H groups in total. The van der Waals surface area contributed by atoms with Crippen LogP contribution in [0.15, 0.2) is 73.3 Å². The van der Waals surface area contributed by atoms with Crippen LogP contribution in [0.5, 0.6) is 11.5 Å². The maximum absolute atomic E-state index is 12.3. The quantitative estimate of drug-likeness (QED) is 0.549. The van der Waals surface area contributed by atoms with E-state index in [1.54, 1.807) is 18.6 Å². The smallest absolute Gasteiger partial charge is 0.248 e. The van der Waals surface area contributed by atoms with Crippen molar-refractivity contribution in [3.63, 3.8) is 0 Å². The van der Waals surface area contributed by atoms with Crippen LogP contribution in [-0.4, -0.2) is 28.2 Å². The lowest BCUT2D eigenvalue weighted by Crippen LogP contribution is -2.11. The number of rotatable bonds is 9. The molecule has 1 aromatic heterocycles. The van der Waals surface area contributed by atoms with Crippen molar-refractivity contribution in [2.45, 2.75) is 26.5 Å². The van der Waals surface area contributed by atoms with Crippen LogP contribution in [0, 0.1) is 0 Å². The molecule has 0 bridgehead atoms. The number of hydrogen-bond acceptors (Lipinski definition) is 4. The first kappa shape index (κ1) is 20.2. The molecular formula is C23H25N3O3. The average Bonchev–Trinajstić information content (AvgIpc) is 3.22. The highest BCUT2D eigenvalue weighted by Gasteiger charge is 2.06. The molecule has 0 unspecified atom stereocenters.